The summed E-state index contributed by atoms with van der Waals surface area (Å²) in [6.07, 6.45) is -2.87. The fourth-order valence-electron chi connectivity index (χ4n) is 3.87. The first-order valence-electron chi connectivity index (χ1n) is 11.6. The van der Waals surface area contributed by atoms with Gasteiger partial charge in [-0.3, -0.25) is 13.9 Å². The van der Waals surface area contributed by atoms with Gasteiger partial charge in [0, 0.05) is 13.2 Å². The van der Waals surface area contributed by atoms with Gasteiger partial charge in [0.05, 0.1) is 37.2 Å². The molecule has 0 amide bonds. The molecule has 3 N–H and O–H groups in total. The summed E-state index contributed by atoms with van der Waals surface area (Å²) >= 11 is 6.07. The highest BCUT2D eigenvalue weighted by atomic mass is 35.5. The molecule has 1 aliphatic heterocycles. The van der Waals surface area contributed by atoms with Gasteiger partial charge in [0.1, 0.15) is 6.04 Å². The summed E-state index contributed by atoms with van der Waals surface area (Å²) in [6, 6.07) is -0.897. The molecular formula is C21H33ClFN6O6P. The summed E-state index contributed by atoms with van der Waals surface area (Å²) in [5.74, 6) is -0.186. The fraction of sp³-hybridized carbons (Fsp3) is 0.714. The Hall–Kier alpha value is -1.89. The van der Waals surface area contributed by atoms with Crippen LogP contribution < -0.4 is 10.4 Å². The molecule has 2 aromatic heterocycles. The Labute approximate surface area is 213 Å². The molecule has 12 nitrogen and oxygen atoms in total. The maximum Gasteiger partial charge on any atom is 0.323 e. The minimum atomic E-state index is -3.53. The van der Waals surface area contributed by atoms with Crippen LogP contribution in [0.1, 0.15) is 40.8 Å². The number of alkyl halides is 1. The van der Waals surface area contributed by atoms with Crippen molar-refractivity contribution in [2.24, 2.45) is 5.41 Å². The van der Waals surface area contributed by atoms with Crippen LogP contribution in [-0.4, -0.2) is 81.4 Å². The number of esters is 1. The highest BCUT2D eigenvalue weighted by Crippen LogP contribution is 2.48. The van der Waals surface area contributed by atoms with Crippen LogP contribution in [0, 0.1) is 5.41 Å². The Bertz CT molecular complexity index is 1140. The SMILES string of the molecule is CCNc1nc(Cl)nc2c1ncn2[C@@H]1O[C@H](COP(C)(=O)N[C@@H](C)C(=O)OC(C)C)C(C)(CO)[C@H]1F. The molecule has 0 bridgehead atoms. The molecule has 2 unspecified atom stereocenters. The van der Waals surface area contributed by atoms with Crippen molar-refractivity contribution in [3.63, 3.8) is 0 Å². The number of aliphatic hydroxyl groups excluding tert-OH is 1. The molecule has 6 atom stereocenters. The molecule has 1 fully saturated rings. The van der Waals surface area contributed by atoms with Crippen molar-refractivity contribution in [1.82, 2.24) is 24.6 Å². The Morgan fingerprint density at radius 1 is 1.42 bits per heavy atom. The second kappa shape index (κ2) is 11.2. The van der Waals surface area contributed by atoms with E-state index >= 15 is 4.39 Å². The van der Waals surface area contributed by atoms with Crippen molar-refractivity contribution in [1.29, 1.82) is 0 Å². The van der Waals surface area contributed by atoms with Crippen LogP contribution in [0.25, 0.3) is 11.2 Å². The smallest absolute Gasteiger partial charge is 0.323 e. The van der Waals surface area contributed by atoms with Gasteiger partial charge in [0.15, 0.2) is 29.4 Å². The molecule has 2 aromatic rings. The molecule has 36 heavy (non-hydrogen) atoms. The number of anilines is 1. The van der Waals surface area contributed by atoms with E-state index in [-0.39, 0.29) is 23.6 Å². The molecule has 202 valence electrons. The van der Waals surface area contributed by atoms with Crippen molar-refractivity contribution in [2.75, 3.05) is 31.7 Å². The zero-order chi connectivity index (χ0) is 26.8. The van der Waals surface area contributed by atoms with Gasteiger partial charge in [-0.05, 0) is 39.3 Å². The number of rotatable bonds is 11. The number of aromatic nitrogens is 4. The number of carbonyl (C=O) groups is 1. The Morgan fingerprint density at radius 2 is 2.11 bits per heavy atom. The maximum atomic E-state index is 15.8. The van der Waals surface area contributed by atoms with Crippen LogP contribution in [-0.2, 0) is 23.4 Å². The summed E-state index contributed by atoms with van der Waals surface area (Å²) < 4.78 is 46.7. The van der Waals surface area contributed by atoms with Crippen molar-refractivity contribution in [3.05, 3.63) is 11.6 Å². The first-order chi connectivity index (χ1) is 16.8. The molecule has 0 radical (unpaired) electrons. The predicted molar refractivity (Wildman–Crippen MR) is 132 cm³/mol. The van der Waals surface area contributed by atoms with Gasteiger partial charge in [-0.1, -0.05) is 6.92 Å². The van der Waals surface area contributed by atoms with Crippen LogP contribution >= 0.6 is 19.1 Å². The Kier molecular flexibility index (Phi) is 8.95. The van der Waals surface area contributed by atoms with Gasteiger partial charge in [-0.15, -0.1) is 0 Å². The van der Waals surface area contributed by atoms with E-state index in [1.54, 1.807) is 13.8 Å². The number of hydrogen-bond donors (Lipinski definition) is 3. The third-order valence-electron chi connectivity index (χ3n) is 5.88. The van der Waals surface area contributed by atoms with Crippen molar-refractivity contribution in [2.45, 2.75) is 65.3 Å². The van der Waals surface area contributed by atoms with Crippen molar-refractivity contribution < 1.29 is 32.9 Å². The van der Waals surface area contributed by atoms with Gasteiger partial charge in [0.2, 0.25) is 5.28 Å². The zero-order valence-corrected chi connectivity index (χ0v) is 22.7. The average molecular weight is 551 g/mol. The minimum absolute atomic E-state index is 0.0542. The maximum absolute atomic E-state index is 15.8. The van der Waals surface area contributed by atoms with Gasteiger partial charge in [0.25, 0.3) is 7.52 Å². The van der Waals surface area contributed by atoms with Gasteiger partial charge in [-0.2, -0.15) is 9.97 Å². The number of hydrogen-bond acceptors (Lipinski definition) is 10. The number of ether oxygens (including phenoxy) is 2. The summed E-state index contributed by atoms with van der Waals surface area (Å²) in [4.78, 5) is 24.6. The summed E-state index contributed by atoms with van der Waals surface area (Å²) in [5.41, 5.74) is -0.766. The van der Waals surface area contributed by atoms with Gasteiger partial charge in [-0.25, -0.2) is 14.5 Å². The summed E-state index contributed by atoms with van der Waals surface area (Å²) in [5, 5.41) is 15.7. The van der Waals surface area contributed by atoms with E-state index < -0.39 is 50.1 Å². The lowest BCUT2D eigenvalue weighted by atomic mass is 9.82. The topological polar surface area (TPSA) is 150 Å². The molecule has 15 heteroatoms. The molecule has 0 aliphatic carbocycles. The number of carbonyl (C=O) groups excluding carboxylic acids is 1. The number of halogens is 2. The van der Waals surface area contributed by atoms with E-state index in [1.165, 1.54) is 31.4 Å². The molecule has 1 aliphatic rings. The van der Waals surface area contributed by atoms with Gasteiger partial charge < -0.3 is 24.4 Å². The standard InChI is InChI=1S/C21H33ClFN6O6P/c1-7-24-16-14-17(27-20(22)26-16)29(10-25-14)18-15(23)21(5,9-30)13(35-18)8-33-36(6,32)28-12(4)19(31)34-11(2)3/h10-13,15,18,30H,7-9H2,1-6H3,(H,28,32)(H,24,26,27)/t12-,13+,15-,18+,21?,36?/m0/s1. The first-order valence-corrected chi connectivity index (χ1v) is 14.0. The monoisotopic (exact) mass is 550 g/mol. The first kappa shape index (κ1) is 28.7. The van der Waals surface area contributed by atoms with E-state index in [2.05, 4.69) is 25.4 Å². The molecule has 0 aromatic carbocycles. The highest BCUT2D eigenvalue weighted by Gasteiger charge is 2.55. The lowest BCUT2D eigenvalue weighted by Crippen LogP contribution is -2.41. The molecule has 3 rings (SSSR count). The van der Waals surface area contributed by atoms with E-state index in [9.17, 15) is 14.5 Å². The van der Waals surface area contributed by atoms with Crippen LogP contribution in [0.5, 0.6) is 0 Å². The quantitative estimate of drug-likeness (QED) is 0.215. The molecule has 0 saturated carbocycles. The second-order valence-corrected chi connectivity index (χ2v) is 11.8. The van der Waals surface area contributed by atoms with Crippen LogP contribution in [0.2, 0.25) is 5.28 Å². The Morgan fingerprint density at radius 3 is 2.72 bits per heavy atom. The largest absolute Gasteiger partial charge is 0.462 e. The third-order valence-corrected chi connectivity index (χ3v) is 7.55. The zero-order valence-electron chi connectivity index (χ0n) is 21.1. The number of nitrogens with zero attached hydrogens (tertiary/aromatic N) is 4. The molecular weight excluding hydrogens is 518 g/mol. The number of nitrogens with one attached hydrogen (secondary N) is 2. The van der Waals surface area contributed by atoms with Gasteiger partial charge >= 0.3 is 5.97 Å². The van der Waals surface area contributed by atoms with E-state index in [1.807, 2.05) is 6.92 Å². The lowest BCUT2D eigenvalue weighted by Gasteiger charge is -2.30. The van der Waals surface area contributed by atoms with Crippen LogP contribution in [0.3, 0.4) is 0 Å². The van der Waals surface area contributed by atoms with Crippen molar-refractivity contribution >= 4 is 42.1 Å². The van der Waals surface area contributed by atoms with Crippen LogP contribution in [0.4, 0.5) is 10.2 Å². The number of aliphatic hydroxyl groups is 1. The normalized spacial score (nSPS) is 26.8. The average Bonchev–Trinajstić information content (AvgIpc) is 3.31. The number of imidazole rings is 1. The van der Waals surface area contributed by atoms with E-state index in [4.69, 9.17) is 25.6 Å². The van der Waals surface area contributed by atoms with Crippen LogP contribution in [0.15, 0.2) is 6.33 Å². The number of fused-ring (bicyclic) bond motifs is 1. The van der Waals surface area contributed by atoms with E-state index in [0.29, 0.717) is 17.9 Å². The molecule has 1 saturated heterocycles. The molecule has 3 heterocycles. The molecule has 0 spiro atoms. The Balaban J connectivity index is 1.79. The minimum Gasteiger partial charge on any atom is -0.462 e. The van der Waals surface area contributed by atoms with Crippen molar-refractivity contribution in [3.8, 4) is 0 Å². The highest BCUT2D eigenvalue weighted by molar-refractivity contribution is 7.56. The summed E-state index contributed by atoms with van der Waals surface area (Å²) in [7, 11) is -3.53. The fourth-order valence-corrected chi connectivity index (χ4v) is 5.34. The third kappa shape index (κ3) is 5.98. The van der Waals surface area contributed by atoms with E-state index in [0.717, 1.165) is 0 Å². The second-order valence-electron chi connectivity index (χ2n) is 9.25. The lowest BCUT2D eigenvalue weighted by molar-refractivity contribution is -0.149. The summed E-state index contributed by atoms with van der Waals surface area (Å²) in [6.45, 7) is 9.27. The predicted octanol–water partition coefficient (Wildman–Crippen LogP) is 2.91.